The van der Waals surface area contributed by atoms with Gasteiger partial charge in [-0.05, 0) is 59.6 Å². The highest BCUT2D eigenvalue weighted by Crippen LogP contribution is 2.32. The Kier molecular flexibility index (Phi) is 4.53. The van der Waals surface area contributed by atoms with Gasteiger partial charge in [-0.25, -0.2) is 0 Å². The van der Waals surface area contributed by atoms with Crippen molar-refractivity contribution in [1.82, 2.24) is 0 Å². The fourth-order valence-corrected chi connectivity index (χ4v) is 3.10. The normalized spacial score (nSPS) is 12.2. The predicted octanol–water partition coefficient (Wildman–Crippen LogP) is 5.40. The van der Waals surface area contributed by atoms with Gasteiger partial charge in [0.05, 0.1) is 6.04 Å². The second-order valence-corrected chi connectivity index (χ2v) is 6.32. The summed E-state index contributed by atoms with van der Waals surface area (Å²) < 4.78 is 2.01. The van der Waals surface area contributed by atoms with E-state index in [2.05, 4.69) is 37.2 Å². The zero-order valence-electron chi connectivity index (χ0n) is 10.7. The number of aromatic hydroxyl groups is 1. The minimum absolute atomic E-state index is 0.0260. The van der Waals surface area contributed by atoms with E-state index in [4.69, 9.17) is 0 Å². The zero-order valence-corrected chi connectivity index (χ0v) is 13.9. The summed E-state index contributed by atoms with van der Waals surface area (Å²) in [6.07, 6.45) is 0. The molecule has 0 spiro atoms. The van der Waals surface area contributed by atoms with Gasteiger partial charge in [0.1, 0.15) is 5.75 Å². The molecule has 0 aromatic heterocycles. The number of nitrogens with one attached hydrogen (secondary N) is 1. The number of phenolic OH excluding ortho intramolecular Hbond substituents is 1. The Balaban J connectivity index is 2.23. The highest BCUT2D eigenvalue weighted by atomic mass is 79.9. The molecule has 2 aromatic rings. The Morgan fingerprint density at radius 2 is 1.84 bits per heavy atom. The topological polar surface area (TPSA) is 32.3 Å². The molecule has 1 atom stereocenters. The van der Waals surface area contributed by atoms with E-state index in [1.54, 1.807) is 6.07 Å². The third-order valence-corrected chi connectivity index (χ3v) is 4.10. The SMILES string of the molecule is Cc1ccc(C(C)Nc2ccc(Br)cc2Br)c(O)c1. The van der Waals surface area contributed by atoms with Crippen LogP contribution in [0.2, 0.25) is 0 Å². The van der Waals surface area contributed by atoms with Crippen LogP contribution in [0.25, 0.3) is 0 Å². The lowest BCUT2D eigenvalue weighted by Gasteiger charge is -2.18. The molecule has 0 aliphatic carbocycles. The van der Waals surface area contributed by atoms with E-state index in [9.17, 15) is 5.11 Å². The molecular formula is C15H15Br2NO. The largest absolute Gasteiger partial charge is 0.508 e. The summed E-state index contributed by atoms with van der Waals surface area (Å²) in [5.41, 5.74) is 2.94. The van der Waals surface area contributed by atoms with Crippen LogP contribution in [0.1, 0.15) is 24.1 Å². The van der Waals surface area contributed by atoms with Crippen molar-refractivity contribution in [2.45, 2.75) is 19.9 Å². The van der Waals surface area contributed by atoms with Gasteiger partial charge in [0, 0.05) is 20.2 Å². The summed E-state index contributed by atoms with van der Waals surface area (Å²) in [5.74, 6) is 0.327. The molecule has 0 radical (unpaired) electrons. The van der Waals surface area contributed by atoms with Crippen LogP contribution in [-0.2, 0) is 0 Å². The maximum Gasteiger partial charge on any atom is 0.121 e. The van der Waals surface area contributed by atoms with E-state index in [1.165, 1.54) is 0 Å². The van der Waals surface area contributed by atoms with Gasteiger partial charge in [0.15, 0.2) is 0 Å². The Labute approximate surface area is 130 Å². The first kappa shape index (κ1) is 14.4. The van der Waals surface area contributed by atoms with Gasteiger partial charge in [-0.2, -0.15) is 0 Å². The minimum Gasteiger partial charge on any atom is -0.508 e. The molecule has 4 heteroatoms. The molecule has 2 rings (SSSR count). The first-order chi connectivity index (χ1) is 8.97. The van der Waals surface area contributed by atoms with Crippen molar-refractivity contribution in [2.75, 3.05) is 5.32 Å². The maximum absolute atomic E-state index is 9.99. The summed E-state index contributed by atoms with van der Waals surface area (Å²) in [7, 11) is 0. The molecule has 0 saturated heterocycles. The summed E-state index contributed by atoms with van der Waals surface area (Å²) in [6, 6.07) is 11.7. The molecule has 100 valence electrons. The van der Waals surface area contributed by atoms with Crippen molar-refractivity contribution < 1.29 is 5.11 Å². The van der Waals surface area contributed by atoms with Crippen molar-refractivity contribution in [3.63, 3.8) is 0 Å². The van der Waals surface area contributed by atoms with E-state index >= 15 is 0 Å². The van der Waals surface area contributed by atoms with Gasteiger partial charge < -0.3 is 10.4 Å². The Bertz CT molecular complexity index is 599. The number of rotatable bonds is 3. The fraction of sp³-hybridized carbons (Fsp3) is 0.200. The Hall–Kier alpha value is -1.000. The molecule has 0 aliphatic heterocycles. The predicted molar refractivity (Wildman–Crippen MR) is 86.7 cm³/mol. The Morgan fingerprint density at radius 3 is 2.47 bits per heavy atom. The second-order valence-electron chi connectivity index (χ2n) is 4.55. The molecule has 0 aliphatic rings. The van der Waals surface area contributed by atoms with Gasteiger partial charge in [-0.15, -0.1) is 0 Å². The number of benzene rings is 2. The van der Waals surface area contributed by atoms with E-state index in [0.29, 0.717) is 5.75 Å². The van der Waals surface area contributed by atoms with Crippen molar-refractivity contribution >= 4 is 37.5 Å². The number of halogens is 2. The van der Waals surface area contributed by atoms with Crippen molar-refractivity contribution in [3.05, 3.63) is 56.5 Å². The highest BCUT2D eigenvalue weighted by molar-refractivity contribution is 9.11. The highest BCUT2D eigenvalue weighted by Gasteiger charge is 2.11. The molecule has 2 aromatic carbocycles. The van der Waals surface area contributed by atoms with Gasteiger partial charge in [0.25, 0.3) is 0 Å². The molecule has 2 nitrogen and oxygen atoms in total. The molecule has 0 heterocycles. The monoisotopic (exact) mass is 383 g/mol. The summed E-state index contributed by atoms with van der Waals surface area (Å²) in [6.45, 7) is 3.99. The average molecular weight is 385 g/mol. The number of phenols is 1. The zero-order chi connectivity index (χ0) is 14.0. The van der Waals surface area contributed by atoms with E-state index in [-0.39, 0.29) is 6.04 Å². The van der Waals surface area contributed by atoms with Crippen LogP contribution < -0.4 is 5.32 Å². The molecule has 0 bridgehead atoms. The smallest absolute Gasteiger partial charge is 0.121 e. The quantitative estimate of drug-likeness (QED) is 0.742. The lowest BCUT2D eigenvalue weighted by Crippen LogP contribution is -2.07. The van der Waals surface area contributed by atoms with Gasteiger partial charge >= 0.3 is 0 Å². The van der Waals surface area contributed by atoms with Crippen LogP contribution in [0.3, 0.4) is 0 Å². The van der Waals surface area contributed by atoms with Crippen molar-refractivity contribution in [3.8, 4) is 5.75 Å². The third kappa shape index (κ3) is 3.51. The van der Waals surface area contributed by atoms with E-state index < -0.39 is 0 Å². The summed E-state index contributed by atoms with van der Waals surface area (Å²) in [5, 5.41) is 13.4. The Morgan fingerprint density at radius 1 is 1.11 bits per heavy atom. The number of aryl methyl sites for hydroxylation is 1. The van der Waals surface area contributed by atoms with Crippen molar-refractivity contribution in [2.24, 2.45) is 0 Å². The molecular weight excluding hydrogens is 370 g/mol. The fourth-order valence-electron chi connectivity index (χ4n) is 1.94. The van der Waals surface area contributed by atoms with Crippen LogP contribution in [0, 0.1) is 6.92 Å². The lowest BCUT2D eigenvalue weighted by molar-refractivity contribution is 0.465. The maximum atomic E-state index is 9.99. The van der Waals surface area contributed by atoms with Gasteiger partial charge in [-0.3, -0.25) is 0 Å². The molecule has 0 saturated carbocycles. The van der Waals surface area contributed by atoms with Gasteiger partial charge in [0.2, 0.25) is 0 Å². The number of hydrogen-bond acceptors (Lipinski definition) is 2. The molecule has 2 N–H and O–H groups in total. The first-order valence-electron chi connectivity index (χ1n) is 5.98. The number of anilines is 1. The number of hydrogen-bond donors (Lipinski definition) is 2. The van der Waals surface area contributed by atoms with E-state index in [1.807, 2.05) is 44.2 Å². The third-order valence-electron chi connectivity index (χ3n) is 2.96. The first-order valence-corrected chi connectivity index (χ1v) is 7.57. The van der Waals surface area contributed by atoms with Crippen molar-refractivity contribution in [1.29, 1.82) is 0 Å². The summed E-state index contributed by atoms with van der Waals surface area (Å²) in [4.78, 5) is 0. The van der Waals surface area contributed by atoms with Gasteiger partial charge in [-0.1, -0.05) is 28.1 Å². The average Bonchev–Trinajstić information content (AvgIpc) is 2.32. The molecule has 0 amide bonds. The molecule has 1 unspecified atom stereocenters. The molecule has 0 fully saturated rings. The standard InChI is InChI=1S/C15H15Br2NO/c1-9-3-5-12(15(19)7-9)10(2)18-14-6-4-11(16)8-13(14)17/h3-8,10,18-19H,1-2H3. The minimum atomic E-state index is 0.0260. The van der Waals surface area contributed by atoms with E-state index in [0.717, 1.165) is 25.8 Å². The van der Waals surface area contributed by atoms with Crippen LogP contribution in [0.15, 0.2) is 45.3 Å². The lowest BCUT2D eigenvalue weighted by atomic mass is 10.0. The second kappa shape index (κ2) is 5.97. The molecule has 19 heavy (non-hydrogen) atoms. The van der Waals surface area contributed by atoms with Crippen LogP contribution >= 0.6 is 31.9 Å². The summed E-state index contributed by atoms with van der Waals surface area (Å²) >= 11 is 6.95. The van der Waals surface area contributed by atoms with Crippen LogP contribution in [-0.4, -0.2) is 5.11 Å². The van der Waals surface area contributed by atoms with Crippen LogP contribution in [0.5, 0.6) is 5.75 Å². The van der Waals surface area contributed by atoms with Crippen LogP contribution in [0.4, 0.5) is 5.69 Å².